The summed E-state index contributed by atoms with van der Waals surface area (Å²) in [5.41, 5.74) is 1.22. The Hall–Kier alpha value is -2.40. The van der Waals surface area contributed by atoms with E-state index in [-0.39, 0.29) is 35.8 Å². The van der Waals surface area contributed by atoms with Crippen molar-refractivity contribution in [2.45, 2.75) is 50.6 Å². The zero-order valence-electron chi connectivity index (χ0n) is 17.0. The van der Waals surface area contributed by atoms with Gasteiger partial charge in [0.05, 0.1) is 0 Å². The number of amides is 2. The molecule has 6 heteroatoms. The summed E-state index contributed by atoms with van der Waals surface area (Å²) in [5, 5.41) is 3.06. The molecule has 2 amide bonds. The average molecular weight is 431 g/mol. The lowest BCUT2D eigenvalue weighted by molar-refractivity contribution is -0.139. The normalized spacial score (nSPS) is 15.4. The number of benzene rings is 2. The summed E-state index contributed by atoms with van der Waals surface area (Å²) in [6, 6.07) is 14.8. The van der Waals surface area contributed by atoms with Crippen LogP contribution in [0.3, 0.4) is 0 Å². The molecular weight excluding hydrogens is 403 g/mol. The molecule has 1 fully saturated rings. The van der Waals surface area contributed by atoms with Crippen LogP contribution in [0.2, 0.25) is 0 Å². The van der Waals surface area contributed by atoms with Crippen LogP contribution < -0.4 is 5.32 Å². The molecule has 0 saturated heterocycles. The third kappa shape index (κ3) is 5.82. The first-order valence-electron chi connectivity index (χ1n) is 10.5. The van der Waals surface area contributed by atoms with Crippen LogP contribution in [0.5, 0.6) is 0 Å². The minimum Gasteiger partial charge on any atom is -0.351 e. The summed E-state index contributed by atoms with van der Waals surface area (Å²) < 4.78 is 14.7. The molecular formula is C24H28ClFN2O2. The first kappa shape index (κ1) is 22.3. The number of rotatable bonds is 8. The van der Waals surface area contributed by atoms with Gasteiger partial charge in [-0.1, -0.05) is 67.8 Å². The third-order valence-corrected chi connectivity index (χ3v) is 5.86. The van der Waals surface area contributed by atoms with Crippen molar-refractivity contribution in [2.75, 3.05) is 12.4 Å². The Labute approximate surface area is 182 Å². The number of carbonyl (C=O) groups excluding carboxylic acids is 2. The number of carbonyl (C=O) groups is 2. The van der Waals surface area contributed by atoms with Gasteiger partial charge in [0, 0.05) is 18.2 Å². The fourth-order valence-corrected chi connectivity index (χ4v) is 4.20. The first-order chi connectivity index (χ1) is 14.6. The molecule has 0 radical (unpaired) electrons. The second kappa shape index (κ2) is 11.1. The highest BCUT2D eigenvalue weighted by molar-refractivity contribution is 6.27. The molecule has 0 unspecified atom stereocenters. The Kier molecular flexibility index (Phi) is 8.26. The molecule has 3 rings (SSSR count). The van der Waals surface area contributed by atoms with Crippen LogP contribution in [0.4, 0.5) is 4.39 Å². The number of hydrogen-bond donors (Lipinski definition) is 1. The highest BCUT2D eigenvalue weighted by Crippen LogP contribution is 2.26. The number of nitrogens with one attached hydrogen (secondary N) is 1. The summed E-state index contributed by atoms with van der Waals surface area (Å²) >= 11 is 5.88. The van der Waals surface area contributed by atoms with Crippen molar-refractivity contribution in [1.82, 2.24) is 10.2 Å². The molecule has 2 aromatic carbocycles. The Balaban J connectivity index is 1.88. The molecule has 2 aromatic rings. The predicted octanol–water partition coefficient (Wildman–Crippen LogP) is 4.63. The molecule has 0 bridgehead atoms. The van der Waals surface area contributed by atoms with Gasteiger partial charge in [-0.2, -0.15) is 0 Å². The summed E-state index contributed by atoms with van der Waals surface area (Å²) in [6.07, 6.45) is 5.65. The molecule has 30 heavy (non-hydrogen) atoms. The Morgan fingerprint density at radius 1 is 1.03 bits per heavy atom. The molecule has 0 aromatic heterocycles. The van der Waals surface area contributed by atoms with Crippen LogP contribution in [-0.2, 0) is 16.0 Å². The van der Waals surface area contributed by atoms with E-state index in [2.05, 4.69) is 5.32 Å². The van der Waals surface area contributed by atoms with Gasteiger partial charge in [-0.3, -0.25) is 9.59 Å². The van der Waals surface area contributed by atoms with Crippen molar-refractivity contribution in [3.05, 3.63) is 71.5 Å². The Bertz CT molecular complexity index is 840. The molecule has 4 nitrogen and oxygen atoms in total. The summed E-state index contributed by atoms with van der Waals surface area (Å²) in [6.45, 7) is 0.270. The molecule has 1 aliphatic rings. The van der Waals surface area contributed by atoms with Gasteiger partial charge >= 0.3 is 0 Å². The number of halogens is 2. The van der Waals surface area contributed by atoms with E-state index < -0.39 is 11.9 Å². The van der Waals surface area contributed by atoms with Crippen molar-refractivity contribution >= 4 is 23.4 Å². The quantitative estimate of drug-likeness (QED) is 0.621. The van der Waals surface area contributed by atoms with Crippen molar-refractivity contribution < 1.29 is 14.0 Å². The van der Waals surface area contributed by atoms with Crippen molar-refractivity contribution in [3.8, 4) is 0 Å². The number of alkyl halides is 1. The van der Waals surface area contributed by atoms with Crippen LogP contribution in [0.25, 0.3) is 0 Å². The monoisotopic (exact) mass is 430 g/mol. The number of nitrogens with zero attached hydrogens (tertiary/aromatic N) is 1. The molecule has 160 valence electrons. The van der Waals surface area contributed by atoms with E-state index in [0.717, 1.165) is 37.7 Å². The van der Waals surface area contributed by atoms with Crippen molar-refractivity contribution in [1.29, 1.82) is 0 Å². The van der Waals surface area contributed by atoms with Gasteiger partial charge in [-0.25, -0.2) is 4.39 Å². The van der Waals surface area contributed by atoms with Gasteiger partial charge in [0.25, 0.3) is 0 Å². The van der Waals surface area contributed by atoms with Gasteiger partial charge in [0.15, 0.2) is 0 Å². The summed E-state index contributed by atoms with van der Waals surface area (Å²) in [5.74, 6) is -1.51. The lowest BCUT2D eigenvalue weighted by Gasteiger charge is -2.33. The Morgan fingerprint density at radius 3 is 2.37 bits per heavy atom. The molecule has 1 atom stereocenters. The van der Waals surface area contributed by atoms with Gasteiger partial charge in [0.2, 0.25) is 11.8 Å². The lowest BCUT2D eigenvalue weighted by atomic mass is 9.94. The van der Waals surface area contributed by atoms with Crippen molar-refractivity contribution in [2.24, 2.45) is 0 Å². The molecule has 0 heterocycles. The second-order valence-electron chi connectivity index (χ2n) is 7.72. The van der Waals surface area contributed by atoms with Crippen LogP contribution >= 0.6 is 11.6 Å². The fourth-order valence-electron chi connectivity index (χ4n) is 4.04. The Morgan fingerprint density at radius 2 is 1.70 bits per heavy atom. The maximum atomic E-state index is 14.7. The van der Waals surface area contributed by atoms with Gasteiger partial charge in [-0.05, 0) is 30.9 Å². The van der Waals surface area contributed by atoms with Gasteiger partial charge < -0.3 is 10.2 Å². The van der Waals surface area contributed by atoms with Crippen LogP contribution in [0.15, 0.2) is 54.6 Å². The molecule has 0 aliphatic heterocycles. The van der Waals surface area contributed by atoms with Crippen LogP contribution in [0, 0.1) is 5.82 Å². The van der Waals surface area contributed by atoms with Crippen LogP contribution in [-0.4, -0.2) is 35.2 Å². The topological polar surface area (TPSA) is 49.4 Å². The summed E-state index contributed by atoms with van der Waals surface area (Å²) in [7, 11) is 0. The average Bonchev–Trinajstić information content (AvgIpc) is 2.78. The minimum atomic E-state index is -1.05. The maximum Gasteiger partial charge on any atom is 0.247 e. The van der Waals surface area contributed by atoms with Crippen LogP contribution in [0.1, 0.15) is 49.3 Å². The van der Waals surface area contributed by atoms with E-state index in [1.807, 2.05) is 30.3 Å². The lowest BCUT2D eigenvalue weighted by Crippen LogP contribution is -2.48. The zero-order valence-corrected chi connectivity index (χ0v) is 17.8. The largest absolute Gasteiger partial charge is 0.351 e. The van der Waals surface area contributed by atoms with E-state index >= 15 is 0 Å². The summed E-state index contributed by atoms with van der Waals surface area (Å²) in [4.78, 5) is 27.5. The highest BCUT2D eigenvalue weighted by atomic mass is 35.5. The minimum absolute atomic E-state index is 0.0580. The van der Waals surface area contributed by atoms with E-state index in [4.69, 9.17) is 11.6 Å². The van der Waals surface area contributed by atoms with E-state index in [0.29, 0.717) is 6.42 Å². The maximum absolute atomic E-state index is 14.7. The second-order valence-corrected chi connectivity index (χ2v) is 7.99. The van der Waals surface area contributed by atoms with Gasteiger partial charge in [0.1, 0.15) is 17.7 Å². The van der Waals surface area contributed by atoms with Crippen molar-refractivity contribution in [3.63, 3.8) is 0 Å². The number of hydrogen-bond acceptors (Lipinski definition) is 2. The standard InChI is InChI=1S/C24H28ClFN2O2/c25-17-22(29)28(16-15-18-9-3-1-4-10-18)23(20-13-7-8-14-21(20)26)24(30)27-19-11-5-2-6-12-19/h1,3-4,7-10,13-14,19,23H,2,5-6,11-12,15-17H2,(H,27,30)/t23-/m0/s1. The zero-order chi connectivity index (χ0) is 21.3. The fraction of sp³-hybridized carbons (Fsp3) is 0.417. The third-order valence-electron chi connectivity index (χ3n) is 5.63. The molecule has 1 aliphatic carbocycles. The molecule has 0 spiro atoms. The first-order valence-corrected chi connectivity index (χ1v) is 11.1. The van der Waals surface area contributed by atoms with E-state index in [1.54, 1.807) is 18.2 Å². The van der Waals surface area contributed by atoms with Gasteiger partial charge in [-0.15, -0.1) is 11.6 Å². The highest BCUT2D eigenvalue weighted by Gasteiger charge is 2.34. The molecule has 1 N–H and O–H groups in total. The van der Waals surface area contributed by atoms with E-state index in [1.165, 1.54) is 11.0 Å². The predicted molar refractivity (Wildman–Crippen MR) is 117 cm³/mol. The smallest absolute Gasteiger partial charge is 0.247 e. The van der Waals surface area contributed by atoms with E-state index in [9.17, 15) is 14.0 Å². The molecule has 1 saturated carbocycles. The SMILES string of the molecule is O=C(NC1CCCCC1)[C@H](c1ccccc1F)N(CCc1ccccc1)C(=O)CCl.